The third kappa shape index (κ3) is 30.2. The van der Waals surface area contributed by atoms with Crippen LogP contribution in [0.3, 0.4) is 0 Å². The van der Waals surface area contributed by atoms with Crippen molar-refractivity contribution in [1.29, 1.82) is 0 Å². The molecule has 0 heteroatoms. The van der Waals surface area contributed by atoms with Crippen LogP contribution in [0.15, 0.2) is 0 Å². The Bertz CT molecular complexity index is 1380. The summed E-state index contributed by atoms with van der Waals surface area (Å²) in [7, 11) is 0. The molecule has 15 rings (SSSR count). The molecule has 16 atom stereocenters. The van der Waals surface area contributed by atoms with Crippen LogP contribution in [0.4, 0.5) is 0 Å². The van der Waals surface area contributed by atoms with Gasteiger partial charge in [-0.15, -0.1) is 0 Å². The highest BCUT2D eigenvalue weighted by Gasteiger charge is 2.39. The summed E-state index contributed by atoms with van der Waals surface area (Å²) in [5, 5.41) is 0. The minimum atomic E-state index is 1.04. The second-order valence-electron chi connectivity index (χ2n) is 33.3. The molecule has 482 valence electrons. The standard InChI is InChI=1S/2C10H18.C9H18.C8H16.3C7H14.3C6H12.C5H10/c1-7-5-10-4-3-9(7)6-8(10)2;1-7-5-9-3-4-10(7)8(2)6-9;1-3-8-5-6-9(4-2)7-8;1-3-7-5-8(4-2)6-7;2*1-3-7-4-6(2)5-7;1-3-6-5-7(6)4-2;1-5-3-6(2)4-5;2*1-3-6-4-5(6)2;1-4-3-5(4)2/h2*7-10H,3-6H2,1-2H3;8-9H,3-7H2,1-2H3;7-8H,3-6H2,1-2H3;3*6-7H,3-5H2,1-2H3;3*5-6H,3-4H2,1-2H3;4-5H,3H2,1-2H3. The molecule has 4 bridgehead atoms. The number of fused-ring (bicyclic) bond motifs is 6. The fourth-order valence-corrected chi connectivity index (χ4v) is 17.7. The second kappa shape index (κ2) is 40.5. The van der Waals surface area contributed by atoms with E-state index in [1.165, 1.54) is 205 Å². The van der Waals surface area contributed by atoms with E-state index in [1.54, 1.807) is 6.42 Å². The highest BCUT2D eigenvalue weighted by Crippen LogP contribution is 2.49. The maximum absolute atomic E-state index is 2.45. The lowest BCUT2D eigenvalue weighted by Crippen LogP contribution is -2.35. The summed E-state index contributed by atoms with van der Waals surface area (Å²) in [6.45, 7) is 51.3. The van der Waals surface area contributed by atoms with Crippen molar-refractivity contribution in [3.05, 3.63) is 0 Å². The summed E-state index contributed by atoms with van der Waals surface area (Å²) in [6, 6.07) is 0. The maximum atomic E-state index is 2.45. The average Bonchev–Trinajstić information content (AvgIpc) is 4.39. The van der Waals surface area contributed by atoms with Crippen LogP contribution < -0.4 is 0 Å². The van der Waals surface area contributed by atoms with Gasteiger partial charge in [-0.1, -0.05) is 236 Å². The van der Waals surface area contributed by atoms with Crippen LogP contribution in [-0.2, 0) is 0 Å². The monoisotopic (exact) mass is 1130 g/mol. The van der Waals surface area contributed by atoms with Crippen molar-refractivity contribution in [2.24, 2.45) is 154 Å². The van der Waals surface area contributed by atoms with E-state index in [2.05, 4.69) is 152 Å². The van der Waals surface area contributed by atoms with Crippen molar-refractivity contribution < 1.29 is 0 Å². The molecule has 81 heavy (non-hydrogen) atoms. The zero-order valence-corrected chi connectivity index (χ0v) is 60.3. The van der Waals surface area contributed by atoms with Crippen LogP contribution in [-0.4, -0.2) is 0 Å². The number of hydrogen-bond acceptors (Lipinski definition) is 0. The Kier molecular flexibility index (Phi) is 37.6. The van der Waals surface area contributed by atoms with Crippen molar-refractivity contribution in [1.82, 2.24) is 0 Å². The molecule has 0 saturated heterocycles. The summed E-state index contributed by atoms with van der Waals surface area (Å²) in [4.78, 5) is 0. The zero-order chi connectivity index (χ0) is 60.3. The van der Waals surface area contributed by atoms with Crippen LogP contribution in [0.1, 0.15) is 364 Å². The Morgan fingerprint density at radius 2 is 0.494 bits per heavy atom. The lowest BCUT2D eigenvalue weighted by atomic mass is 9.61. The first-order valence-corrected chi connectivity index (χ1v) is 38.6. The molecule has 0 nitrogen and oxygen atoms in total. The molecular weight excluding hydrogens is 973 g/mol. The van der Waals surface area contributed by atoms with Gasteiger partial charge < -0.3 is 0 Å². The van der Waals surface area contributed by atoms with E-state index in [9.17, 15) is 0 Å². The molecule has 0 heterocycles. The second-order valence-corrected chi connectivity index (χ2v) is 33.3. The summed E-state index contributed by atoms with van der Waals surface area (Å²) in [5.74, 6) is 28.0. The van der Waals surface area contributed by atoms with E-state index in [0.717, 1.165) is 154 Å². The van der Waals surface area contributed by atoms with Crippen molar-refractivity contribution in [3.63, 3.8) is 0 Å². The Balaban J connectivity index is 0.000000235. The van der Waals surface area contributed by atoms with E-state index in [1.807, 2.05) is 0 Å². The maximum Gasteiger partial charge on any atom is -0.0362 e. The molecule has 0 aromatic rings. The van der Waals surface area contributed by atoms with E-state index >= 15 is 0 Å². The van der Waals surface area contributed by atoms with Crippen LogP contribution in [0, 0.1) is 154 Å². The number of hydrogen-bond donors (Lipinski definition) is 0. The zero-order valence-electron chi connectivity index (χ0n) is 60.3. The molecule has 15 aliphatic carbocycles. The van der Waals surface area contributed by atoms with Gasteiger partial charge in [0.2, 0.25) is 0 Å². The molecule has 0 aromatic heterocycles. The molecule has 0 amide bonds. The van der Waals surface area contributed by atoms with Crippen molar-refractivity contribution >= 4 is 0 Å². The highest BCUT2D eigenvalue weighted by molar-refractivity contribution is 4.89. The molecule has 16 unspecified atom stereocenters. The first-order valence-electron chi connectivity index (χ1n) is 38.6. The van der Waals surface area contributed by atoms with E-state index in [4.69, 9.17) is 0 Å². The first kappa shape index (κ1) is 75.3. The van der Waals surface area contributed by atoms with Crippen LogP contribution in [0.25, 0.3) is 0 Å². The summed E-state index contributed by atoms with van der Waals surface area (Å²) >= 11 is 0. The lowest BCUT2D eigenvalue weighted by molar-refractivity contribution is 0.0556. The van der Waals surface area contributed by atoms with Gasteiger partial charge in [-0.25, -0.2) is 0 Å². The van der Waals surface area contributed by atoms with E-state index in [-0.39, 0.29) is 0 Å². The summed E-state index contributed by atoms with van der Waals surface area (Å²) in [6.07, 6.45) is 48.9. The normalized spacial score (nSPS) is 43.8. The predicted octanol–water partition coefficient (Wildman–Crippen LogP) is 27.4. The Morgan fingerprint density at radius 3 is 0.630 bits per heavy atom. The Hall–Kier alpha value is 0. The van der Waals surface area contributed by atoms with Crippen molar-refractivity contribution in [2.45, 2.75) is 364 Å². The van der Waals surface area contributed by atoms with Gasteiger partial charge in [0.05, 0.1) is 0 Å². The highest BCUT2D eigenvalue weighted by atomic mass is 14.4. The predicted molar refractivity (Wildman–Crippen MR) is 368 cm³/mol. The molecule has 0 radical (unpaired) electrons. The van der Waals surface area contributed by atoms with Crippen molar-refractivity contribution in [2.75, 3.05) is 0 Å². The van der Waals surface area contributed by atoms with Gasteiger partial charge in [-0.2, -0.15) is 0 Å². The molecule has 15 aliphatic rings. The molecule has 0 spiro atoms. The Labute approximate surface area is 515 Å². The largest absolute Gasteiger partial charge is 0.0651 e. The molecule has 0 aliphatic heterocycles. The molecule has 15 saturated carbocycles. The molecule has 0 aromatic carbocycles. The number of rotatable bonds is 10. The van der Waals surface area contributed by atoms with E-state index in [0.29, 0.717) is 0 Å². The lowest BCUT2D eigenvalue weighted by Gasteiger charge is -2.45. The van der Waals surface area contributed by atoms with Gasteiger partial charge >= 0.3 is 0 Å². The van der Waals surface area contributed by atoms with Crippen molar-refractivity contribution in [3.8, 4) is 0 Å². The van der Waals surface area contributed by atoms with Crippen LogP contribution in [0.5, 0.6) is 0 Å². The summed E-state index contributed by atoms with van der Waals surface area (Å²) in [5.41, 5.74) is 0. The molecular formula is C81H158. The third-order valence-electron chi connectivity index (χ3n) is 25.9. The third-order valence-corrected chi connectivity index (χ3v) is 25.9. The Morgan fingerprint density at radius 1 is 0.198 bits per heavy atom. The minimum absolute atomic E-state index is 1.04. The summed E-state index contributed by atoms with van der Waals surface area (Å²) < 4.78 is 0. The van der Waals surface area contributed by atoms with Gasteiger partial charge in [0.15, 0.2) is 0 Å². The van der Waals surface area contributed by atoms with E-state index < -0.39 is 0 Å². The fourth-order valence-electron chi connectivity index (χ4n) is 17.7. The van der Waals surface area contributed by atoms with Gasteiger partial charge in [0.25, 0.3) is 0 Å². The van der Waals surface area contributed by atoms with Gasteiger partial charge in [0, 0.05) is 0 Å². The fraction of sp³-hybridized carbons (Fsp3) is 1.00. The minimum Gasteiger partial charge on any atom is -0.0651 e. The van der Waals surface area contributed by atoms with Crippen LogP contribution >= 0.6 is 0 Å². The topological polar surface area (TPSA) is 0 Å². The van der Waals surface area contributed by atoms with Crippen LogP contribution in [0.2, 0.25) is 0 Å². The first-order chi connectivity index (χ1) is 38.6. The van der Waals surface area contributed by atoms with Gasteiger partial charge in [-0.3, -0.25) is 0 Å². The SMILES string of the molecule is CC1CC(C)C1.CC1CC1C.CC1CC2CCC1C(C)C2.CC1CC2CCC1CC2C.CCC1CC(C)C1.CCC1CC(C)C1.CCC1CC(CC)C1.CCC1CC1C.CCC1CC1C.CCC1CC1CC.CCC1CCC(CC)C1. The molecule has 15 fully saturated rings. The molecule has 0 N–H and O–H groups in total. The van der Waals surface area contributed by atoms with Gasteiger partial charge in [-0.05, 0) is 282 Å². The van der Waals surface area contributed by atoms with Gasteiger partial charge in [0.1, 0.15) is 0 Å². The smallest absolute Gasteiger partial charge is 0.0362 e. The average molecular weight is 1130 g/mol. The quantitative estimate of drug-likeness (QED) is 0.205.